The highest BCUT2D eigenvalue weighted by Gasteiger charge is 2.27. The van der Waals surface area contributed by atoms with Crippen molar-refractivity contribution in [2.24, 2.45) is 0 Å². The lowest BCUT2D eigenvalue weighted by Gasteiger charge is -2.36. The van der Waals surface area contributed by atoms with Gasteiger partial charge in [0.15, 0.2) is 0 Å². The summed E-state index contributed by atoms with van der Waals surface area (Å²) in [5.41, 5.74) is 2.98. The van der Waals surface area contributed by atoms with Gasteiger partial charge in [-0.25, -0.2) is 0 Å². The molecule has 2 aromatic rings. The van der Waals surface area contributed by atoms with Crippen molar-refractivity contribution in [1.82, 2.24) is 14.8 Å². The fourth-order valence-electron chi connectivity index (χ4n) is 4.66. The molecule has 3 heterocycles. The Kier molecular flexibility index (Phi) is 7.30. The van der Waals surface area contributed by atoms with E-state index in [2.05, 4.69) is 35.9 Å². The molecule has 0 saturated carbocycles. The number of carbonyl (C=O) groups excluding carboxylic acids is 1. The third kappa shape index (κ3) is 5.41. The van der Waals surface area contributed by atoms with Crippen molar-refractivity contribution >= 4 is 5.91 Å². The molecule has 0 radical (unpaired) electrons. The minimum atomic E-state index is 0.0665. The molecule has 1 unspecified atom stereocenters. The van der Waals surface area contributed by atoms with Crippen LogP contribution in [0.15, 0.2) is 36.5 Å². The van der Waals surface area contributed by atoms with Gasteiger partial charge in [0.1, 0.15) is 17.6 Å². The van der Waals surface area contributed by atoms with Crippen molar-refractivity contribution in [3.63, 3.8) is 0 Å². The monoisotopic (exact) mass is 437 g/mol. The van der Waals surface area contributed by atoms with Gasteiger partial charge in [-0.05, 0) is 63.3 Å². The Morgan fingerprint density at radius 3 is 2.53 bits per heavy atom. The predicted molar refractivity (Wildman–Crippen MR) is 125 cm³/mol. The maximum absolute atomic E-state index is 13.0. The van der Waals surface area contributed by atoms with Crippen molar-refractivity contribution in [3.8, 4) is 11.5 Å². The Balaban J connectivity index is 1.37. The lowest BCUT2D eigenvalue weighted by molar-refractivity contribution is 0.0727. The number of ether oxygens (including phenoxy) is 2. The van der Waals surface area contributed by atoms with Crippen LogP contribution in [0.2, 0.25) is 0 Å². The number of hydrogen-bond donors (Lipinski definition) is 0. The number of likely N-dealkylation sites (tertiary alicyclic amines) is 2. The van der Waals surface area contributed by atoms with Gasteiger partial charge in [-0.1, -0.05) is 6.07 Å². The van der Waals surface area contributed by atoms with E-state index in [-0.39, 0.29) is 12.0 Å². The molecular formula is C26H35N3O3. The fraction of sp³-hybridized carbons (Fsp3) is 0.538. The number of pyridine rings is 1. The summed E-state index contributed by atoms with van der Waals surface area (Å²) in [6, 6.07) is 10.3. The summed E-state index contributed by atoms with van der Waals surface area (Å²) >= 11 is 0. The number of carbonyl (C=O) groups is 1. The summed E-state index contributed by atoms with van der Waals surface area (Å²) in [5, 5.41) is 0. The van der Waals surface area contributed by atoms with Crippen LogP contribution in [0.4, 0.5) is 0 Å². The maximum atomic E-state index is 13.0. The molecule has 0 N–H and O–H groups in total. The standard InChI is InChI=1S/C26H35N3O3/c1-19-6-7-21(27-18-19)16-20(2)28-14-10-22(11-15-28)32-25-17-23(31-3)8-9-24(25)26(30)29-12-4-5-13-29/h6-9,17-18,20,22H,4-5,10-16H2,1-3H3. The minimum absolute atomic E-state index is 0.0665. The molecular weight excluding hydrogens is 402 g/mol. The molecule has 1 amide bonds. The summed E-state index contributed by atoms with van der Waals surface area (Å²) in [4.78, 5) is 22.0. The van der Waals surface area contributed by atoms with E-state index < -0.39 is 0 Å². The molecule has 0 bridgehead atoms. The zero-order valence-electron chi connectivity index (χ0n) is 19.5. The van der Waals surface area contributed by atoms with Crippen LogP contribution in [0.25, 0.3) is 0 Å². The second-order valence-corrected chi connectivity index (χ2v) is 9.09. The van der Waals surface area contributed by atoms with E-state index in [4.69, 9.17) is 9.47 Å². The third-order valence-electron chi connectivity index (χ3n) is 6.68. The Labute approximate surface area is 191 Å². The Hall–Kier alpha value is -2.60. The summed E-state index contributed by atoms with van der Waals surface area (Å²) in [5.74, 6) is 1.43. The molecule has 172 valence electrons. The van der Waals surface area contributed by atoms with Gasteiger partial charge in [0.05, 0.1) is 12.7 Å². The molecule has 2 saturated heterocycles. The Bertz CT molecular complexity index is 901. The topological polar surface area (TPSA) is 54.9 Å². The second kappa shape index (κ2) is 10.3. The van der Waals surface area contributed by atoms with Crippen LogP contribution in [-0.2, 0) is 6.42 Å². The first-order valence-electron chi connectivity index (χ1n) is 11.8. The number of amides is 1. The van der Waals surface area contributed by atoms with Crippen LogP contribution < -0.4 is 9.47 Å². The highest BCUT2D eigenvalue weighted by molar-refractivity contribution is 5.97. The molecule has 0 aliphatic carbocycles. The molecule has 32 heavy (non-hydrogen) atoms. The third-order valence-corrected chi connectivity index (χ3v) is 6.68. The maximum Gasteiger partial charge on any atom is 0.257 e. The lowest BCUT2D eigenvalue weighted by atomic mass is 10.0. The van der Waals surface area contributed by atoms with Crippen LogP contribution in [0.1, 0.15) is 54.2 Å². The average molecular weight is 438 g/mol. The fourth-order valence-corrected chi connectivity index (χ4v) is 4.66. The van der Waals surface area contributed by atoms with Gasteiger partial charge in [0, 0.05) is 56.6 Å². The normalized spacial score (nSPS) is 18.5. The molecule has 1 aromatic heterocycles. The molecule has 6 nitrogen and oxygen atoms in total. The summed E-state index contributed by atoms with van der Waals surface area (Å²) < 4.78 is 11.8. The highest BCUT2D eigenvalue weighted by atomic mass is 16.5. The van der Waals surface area contributed by atoms with E-state index in [1.807, 2.05) is 29.3 Å². The van der Waals surface area contributed by atoms with E-state index in [0.717, 1.165) is 69.7 Å². The second-order valence-electron chi connectivity index (χ2n) is 9.09. The Morgan fingerprint density at radius 2 is 1.88 bits per heavy atom. The number of aryl methyl sites for hydroxylation is 1. The summed E-state index contributed by atoms with van der Waals surface area (Å²) in [6.45, 7) is 7.97. The van der Waals surface area contributed by atoms with Gasteiger partial charge < -0.3 is 14.4 Å². The molecule has 2 aliphatic heterocycles. The SMILES string of the molecule is COc1ccc(C(=O)N2CCCC2)c(OC2CCN(C(C)Cc3ccc(C)cn3)CC2)c1. The van der Waals surface area contributed by atoms with Gasteiger partial charge in [-0.2, -0.15) is 0 Å². The van der Waals surface area contributed by atoms with Crippen molar-refractivity contribution in [3.05, 3.63) is 53.3 Å². The van der Waals surface area contributed by atoms with E-state index in [9.17, 15) is 4.79 Å². The van der Waals surface area contributed by atoms with Gasteiger partial charge in [0.2, 0.25) is 0 Å². The molecule has 0 spiro atoms. The zero-order valence-corrected chi connectivity index (χ0v) is 19.5. The molecule has 6 heteroatoms. The van der Waals surface area contributed by atoms with Crippen LogP contribution in [-0.4, -0.2) is 66.1 Å². The summed E-state index contributed by atoms with van der Waals surface area (Å²) in [7, 11) is 1.64. The molecule has 1 aromatic carbocycles. The number of methoxy groups -OCH3 is 1. The quantitative estimate of drug-likeness (QED) is 0.653. The van der Waals surface area contributed by atoms with E-state index in [1.54, 1.807) is 7.11 Å². The number of rotatable bonds is 7. The van der Waals surface area contributed by atoms with Crippen molar-refractivity contribution in [2.75, 3.05) is 33.3 Å². The molecule has 1 atom stereocenters. The van der Waals surface area contributed by atoms with E-state index in [1.165, 1.54) is 5.56 Å². The van der Waals surface area contributed by atoms with Gasteiger partial charge in [-0.15, -0.1) is 0 Å². The van der Waals surface area contributed by atoms with Crippen molar-refractivity contribution < 1.29 is 14.3 Å². The van der Waals surface area contributed by atoms with Crippen LogP contribution >= 0.6 is 0 Å². The number of aromatic nitrogens is 1. The van der Waals surface area contributed by atoms with E-state index >= 15 is 0 Å². The predicted octanol–water partition coefficient (Wildman–Crippen LogP) is 4.11. The molecule has 2 aliphatic rings. The largest absolute Gasteiger partial charge is 0.497 e. The van der Waals surface area contributed by atoms with Crippen LogP contribution in [0, 0.1) is 6.92 Å². The van der Waals surface area contributed by atoms with Gasteiger partial charge >= 0.3 is 0 Å². The first-order chi connectivity index (χ1) is 15.5. The minimum Gasteiger partial charge on any atom is -0.497 e. The smallest absolute Gasteiger partial charge is 0.257 e. The van der Waals surface area contributed by atoms with Gasteiger partial charge in [0.25, 0.3) is 5.91 Å². The highest BCUT2D eigenvalue weighted by Crippen LogP contribution is 2.30. The first kappa shape index (κ1) is 22.6. The summed E-state index contributed by atoms with van der Waals surface area (Å²) in [6.07, 6.45) is 7.04. The number of piperidine rings is 1. The average Bonchev–Trinajstić information content (AvgIpc) is 3.35. The van der Waals surface area contributed by atoms with Crippen molar-refractivity contribution in [2.45, 2.75) is 58.1 Å². The first-order valence-corrected chi connectivity index (χ1v) is 11.8. The van der Waals surface area contributed by atoms with E-state index in [0.29, 0.717) is 17.4 Å². The number of nitrogens with zero attached hydrogens (tertiary/aromatic N) is 3. The van der Waals surface area contributed by atoms with Crippen LogP contribution in [0.3, 0.4) is 0 Å². The van der Waals surface area contributed by atoms with Crippen LogP contribution in [0.5, 0.6) is 11.5 Å². The zero-order chi connectivity index (χ0) is 22.5. The Morgan fingerprint density at radius 1 is 1.12 bits per heavy atom. The number of hydrogen-bond acceptors (Lipinski definition) is 5. The van der Waals surface area contributed by atoms with Gasteiger partial charge in [-0.3, -0.25) is 14.7 Å². The molecule has 4 rings (SSSR count). The van der Waals surface area contributed by atoms with Crippen molar-refractivity contribution in [1.29, 1.82) is 0 Å². The lowest BCUT2D eigenvalue weighted by Crippen LogP contribution is -2.44. The molecule has 2 fully saturated rings. The number of benzene rings is 1.